The topological polar surface area (TPSA) is 0 Å². The summed E-state index contributed by atoms with van der Waals surface area (Å²) < 4.78 is 1.29. The highest BCUT2D eigenvalue weighted by molar-refractivity contribution is 14.1. The van der Waals surface area contributed by atoms with Crippen LogP contribution in [0.5, 0.6) is 0 Å². The molecule has 2 rings (SSSR count). The van der Waals surface area contributed by atoms with Crippen molar-refractivity contribution in [2.24, 2.45) is 0 Å². The van der Waals surface area contributed by atoms with E-state index in [0.717, 1.165) is 5.75 Å². The van der Waals surface area contributed by atoms with Gasteiger partial charge in [-0.1, -0.05) is 43.0 Å². The minimum Gasteiger partial charge on any atom is -0.121 e. The molecule has 0 bridgehead atoms. The number of halogens is 1. The van der Waals surface area contributed by atoms with Crippen LogP contribution in [0.1, 0.15) is 11.1 Å². The molecule has 0 aromatic heterocycles. The smallest absolute Gasteiger partial charge is 0.0232 e. The van der Waals surface area contributed by atoms with Gasteiger partial charge in [-0.25, -0.2) is 0 Å². The van der Waals surface area contributed by atoms with Crippen LogP contribution in [0.3, 0.4) is 0 Å². The highest BCUT2D eigenvalue weighted by Gasteiger charge is 1.97. The quantitative estimate of drug-likeness (QED) is 0.537. The van der Waals surface area contributed by atoms with Gasteiger partial charge in [-0.05, 0) is 51.9 Å². The summed E-state index contributed by atoms with van der Waals surface area (Å²) in [6, 6.07) is 17.1. The van der Waals surface area contributed by atoms with Crippen molar-refractivity contribution in [3.8, 4) is 0 Å². The highest BCUT2D eigenvalue weighted by atomic mass is 127. The minimum atomic E-state index is 1.01. The third-order valence-electron chi connectivity index (χ3n) is 2.42. The summed E-state index contributed by atoms with van der Waals surface area (Å²) in [5.41, 5.74) is 2.52. The second-order valence-corrected chi connectivity index (χ2v) is 5.99. The lowest BCUT2D eigenvalue weighted by atomic mass is 10.1. The molecule has 0 aliphatic heterocycles. The van der Waals surface area contributed by atoms with E-state index >= 15 is 0 Å². The minimum absolute atomic E-state index is 1.01. The first-order valence-electron chi connectivity index (χ1n) is 5.37. The maximum absolute atomic E-state index is 3.76. The maximum Gasteiger partial charge on any atom is 0.0232 e. The third kappa shape index (κ3) is 3.89. The molecule has 86 valence electrons. The number of thioether (sulfide) groups is 1. The molecule has 0 N–H and O–H groups in total. The molecule has 0 spiro atoms. The van der Waals surface area contributed by atoms with Crippen LogP contribution < -0.4 is 0 Å². The summed E-state index contributed by atoms with van der Waals surface area (Å²) >= 11 is 4.22. The zero-order chi connectivity index (χ0) is 12.1. The largest absolute Gasteiger partial charge is 0.121 e. The van der Waals surface area contributed by atoms with Gasteiger partial charge in [0.25, 0.3) is 0 Å². The van der Waals surface area contributed by atoms with Crippen LogP contribution in [0.2, 0.25) is 0 Å². The molecule has 2 heteroatoms. The Balaban J connectivity index is 1.99. The van der Waals surface area contributed by atoms with Crippen LogP contribution in [0.15, 0.2) is 60.0 Å². The van der Waals surface area contributed by atoms with Crippen molar-refractivity contribution in [3.63, 3.8) is 0 Å². The summed E-state index contributed by atoms with van der Waals surface area (Å²) in [4.78, 5) is 1.32. The van der Waals surface area contributed by atoms with Gasteiger partial charge in [0.1, 0.15) is 0 Å². The molecule has 0 unspecified atom stereocenters. The van der Waals surface area contributed by atoms with Crippen LogP contribution in [-0.4, -0.2) is 0 Å². The third-order valence-corrected chi connectivity index (χ3v) is 4.15. The van der Waals surface area contributed by atoms with Crippen molar-refractivity contribution in [3.05, 3.63) is 69.8 Å². The second-order valence-electron chi connectivity index (χ2n) is 3.69. The molecule has 0 nitrogen and oxygen atoms in total. The van der Waals surface area contributed by atoms with Crippen LogP contribution in [0, 0.1) is 3.57 Å². The summed E-state index contributed by atoms with van der Waals surface area (Å²) in [7, 11) is 0. The molecule has 0 heterocycles. The van der Waals surface area contributed by atoms with Crippen LogP contribution in [-0.2, 0) is 5.75 Å². The van der Waals surface area contributed by atoms with Gasteiger partial charge in [0, 0.05) is 14.2 Å². The first kappa shape index (κ1) is 12.7. The molecule has 0 fully saturated rings. The van der Waals surface area contributed by atoms with Gasteiger partial charge in [0.05, 0.1) is 0 Å². The van der Waals surface area contributed by atoms with Crippen molar-refractivity contribution in [2.45, 2.75) is 10.6 Å². The van der Waals surface area contributed by atoms with Crippen molar-refractivity contribution >= 4 is 40.4 Å². The van der Waals surface area contributed by atoms with Crippen molar-refractivity contribution < 1.29 is 0 Å². The van der Waals surface area contributed by atoms with E-state index in [1.165, 1.54) is 19.6 Å². The van der Waals surface area contributed by atoms with Gasteiger partial charge in [0.15, 0.2) is 0 Å². The lowest BCUT2D eigenvalue weighted by Gasteiger charge is -2.03. The first-order valence-corrected chi connectivity index (χ1v) is 7.44. The fraction of sp³-hybridized carbons (Fsp3) is 0.0667. The van der Waals surface area contributed by atoms with Gasteiger partial charge in [-0.3, -0.25) is 0 Å². The first-order chi connectivity index (χ1) is 8.28. The molecular weight excluding hydrogens is 339 g/mol. The van der Waals surface area contributed by atoms with E-state index in [-0.39, 0.29) is 0 Å². The lowest BCUT2D eigenvalue weighted by molar-refractivity contribution is 1.37. The summed E-state index contributed by atoms with van der Waals surface area (Å²) in [5, 5.41) is 0. The SMILES string of the molecule is C=Cc1ccc(CSc2cccc(I)c2)cc1. The normalized spacial score (nSPS) is 10.2. The summed E-state index contributed by atoms with van der Waals surface area (Å²) in [6.45, 7) is 3.76. The van der Waals surface area contributed by atoms with E-state index in [1.54, 1.807) is 0 Å². The molecule has 0 amide bonds. The van der Waals surface area contributed by atoms with Gasteiger partial charge in [-0.2, -0.15) is 0 Å². The maximum atomic E-state index is 3.76. The Bertz CT molecular complexity index is 503. The average Bonchev–Trinajstić information content (AvgIpc) is 2.37. The van der Waals surface area contributed by atoms with Crippen LogP contribution >= 0.6 is 34.4 Å². The molecule has 0 radical (unpaired) electrons. The molecule has 0 aliphatic rings. The lowest BCUT2D eigenvalue weighted by Crippen LogP contribution is -1.81. The summed E-state index contributed by atoms with van der Waals surface area (Å²) in [6.07, 6.45) is 1.87. The van der Waals surface area contributed by atoms with Crippen molar-refractivity contribution in [1.82, 2.24) is 0 Å². The Kier molecular flexibility index (Phi) is 4.68. The fourth-order valence-electron chi connectivity index (χ4n) is 1.47. The fourth-order valence-corrected chi connectivity index (χ4v) is 3.14. The average molecular weight is 352 g/mol. The zero-order valence-electron chi connectivity index (χ0n) is 9.40. The molecule has 0 saturated carbocycles. The summed E-state index contributed by atoms with van der Waals surface area (Å²) in [5.74, 6) is 1.01. The van der Waals surface area contributed by atoms with Gasteiger partial charge < -0.3 is 0 Å². The molecule has 2 aromatic rings. The molecule has 0 aliphatic carbocycles. The van der Waals surface area contributed by atoms with Gasteiger partial charge in [0.2, 0.25) is 0 Å². The van der Waals surface area contributed by atoms with E-state index in [9.17, 15) is 0 Å². The number of hydrogen-bond donors (Lipinski definition) is 0. The van der Waals surface area contributed by atoms with E-state index in [2.05, 4.69) is 77.7 Å². The van der Waals surface area contributed by atoms with Gasteiger partial charge >= 0.3 is 0 Å². The highest BCUT2D eigenvalue weighted by Crippen LogP contribution is 2.24. The molecule has 0 atom stereocenters. The number of hydrogen-bond acceptors (Lipinski definition) is 1. The van der Waals surface area contributed by atoms with E-state index in [1.807, 2.05) is 17.8 Å². The molecule has 2 aromatic carbocycles. The Labute approximate surface area is 120 Å². The van der Waals surface area contributed by atoms with Gasteiger partial charge in [-0.15, -0.1) is 11.8 Å². The second kappa shape index (κ2) is 6.26. The monoisotopic (exact) mass is 352 g/mol. The van der Waals surface area contributed by atoms with Crippen molar-refractivity contribution in [2.75, 3.05) is 0 Å². The van der Waals surface area contributed by atoms with E-state index < -0.39 is 0 Å². The predicted molar refractivity (Wildman–Crippen MR) is 85.3 cm³/mol. The van der Waals surface area contributed by atoms with Crippen LogP contribution in [0.25, 0.3) is 6.08 Å². The Morgan fingerprint density at radius 1 is 1.12 bits per heavy atom. The standard InChI is InChI=1S/C15H13IS/c1-2-12-6-8-13(9-7-12)11-17-15-5-3-4-14(16)10-15/h2-10H,1,11H2. The Morgan fingerprint density at radius 2 is 1.88 bits per heavy atom. The van der Waals surface area contributed by atoms with Crippen LogP contribution in [0.4, 0.5) is 0 Å². The van der Waals surface area contributed by atoms with E-state index in [0.29, 0.717) is 0 Å². The zero-order valence-corrected chi connectivity index (χ0v) is 12.4. The predicted octanol–water partition coefficient (Wildman–Crippen LogP) is 5.23. The molecule has 17 heavy (non-hydrogen) atoms. The Hall–Kier alpha value is -0.740. The number of benzene rings is 2. The number of rotatable bonds is 4. The molecule has 0 saturated heterocycles. The van der Waals surface area contributed by atoms with Crippen molar-refractivity contribution in [1.29, 1.82) is 0 Å². The Morgan fingerprint density at radius 3 is 2.53 bits per heavy atom. The van der Waals surface area contributed by atoms with E-state index in [4.69, 9.17) is 0 Å². The molecular formula is C15H13IS.